The fourth-order valence-electron chi connectivity index (χ4n) is 2.08. The van der Waals surface area contributed by atoms with Crippen molar-refractivity contribution in [2.24, 2.45) is 0 Å². The predicted octanol–water partition coefficient (Wildman–Crippen LogP) is 3.64. The maximum Gasteiger partial charge on any atom is 0.135 e. The van der Waals surface area contributed by atoms with E-state index in [1.54, 1.807) is 0 Å². The first kappa shape index (κ1) is 12.4. The van der Waals surface area contributed by atoms with E-state index in [0.717, 1.165) is 18.2 Å². The van der Waals surface area contributed by atoms with Gasteiger partial charge in [0.1, 0.15) is 16.8 Å². The zero-order valence-electron chi connectivity index (χ0n) is 10.9. The highest BCUT2D eigenvalue weighted by Gasteiger charge is 2.27. The molecule has 0 unspecified atom stereocenters. The minimum Gasteiger partial charge on any atom is -0.355 e. The quantitative estimate of drug-likeness (QED) is 0.797. The molecular formula is C15H16ClN3. The van der Waals surface area contributed by atoms with E-state index in [1.807, 2.05) is 31.3 Å². The van der Waals surface area contributed by atoms with Gasteiger partial charge in [0.25, 0.3) is 0 Å². The van der Waals surface area contributed by atoms with Gasteiger partial charge in [-0.2, -0.15) is 0 Å². The highest BCUT2D eigenvalue weighted by Crippen LogP contribution is 2.39. The van der Waals surface area contributed by atoms with Crippen molar-refractivity contribution in [3.05, 3.63) is 52.9 Å². The molecule has 0 N–H and O–H groups in total. The SMILES string of the molecule is CN(Cc1ccccc1)c1cc(Cl)nc(C2CC2)n1. The fraction of sp³-hybridized carbons (Fsp3) is 0.333. The fourth-order valence-corrected chi connectivity index (χ4v) is 2.26. The second-order valence-corrected chi connectivity index (χ2v) is 5.41. The van der Waals surface area contributed by atoms with Gasteiger partial charge in [0.2, 0.25) is 0 Å². The zero-order valence-corrected chi connectivity index (χ0v) is 11.6. The first-order valence-electron chi connectivity index (χ1n) is 6.52. The van der Waals surface area contributed by atoms with Crippen molar-refractivity contribution in [3.63, 3.8) is 0 Å². The van der Waals surface area contributed by atoms with Crippen molar-refractivity contribution in [1.29, 1.82) is 0 Å². The summed E-state index contributed by atoms with van der Waals surface area (Å²) in [4.78, 5) is 11.0. The normalized spacial score (nSPS) is 14.4. The van der Waals surface area contributed by atoms with Crippen LogP contribution in [0.5, 0.6) is 0 Å². The molecule has 0 saturated heterocycles. The Balaban J connectivity index is 1.81. The van der Waals surface area contributed by atoms with Gasteiger partial charge in [-0.1, -0.05) is 41.9 Å². The molecule has 1 saturated carbocycles. The average Bonchev–Trinajstić information content (AvgIpc) is 3.23. The van der Waals surface area contributed by atoms with Crippen LogP contribution in [0, 0.1) is 0 Å². The number of anilines is 1. The minimum absolute atomic E-state index is 0.516. The Morgan fingerprint density at radius 1 is 1.21 bits per heavy atom. The van der Waals surface area contributed by atoms with Crippen molar-refractivity contribution in [3.8, 4) is 0 Å². The van der Waals surface area contributed by atoms with E-state index in [1.165, 1.54) is 18.4 Å². The molecule has 19 heavy (non-hydrogen) atoms. The van der Waals surface area contributed by atoms with Crippen LogP contribution in [0.15, 0.2) is 36.4 Å². The second kappa shape index (κ2) is 5.17. The standard InChI is InChI=1S/C15H16ClN3/c1-19(10-11-5-3-2-4-6-11)14-9-13(16)17-15(18-14)12-7-8-12/h2-6,9,12H,7-8,10H2,1H3. The number of hydrogen-bond acceptors (Lipinski definition) is 3. The molecule has 1 heterocycles. The summed E-state index contributed by atoms with van der Waals surface area (Å²) in [6.45, 7) is 0.818. The Labute approximate surface area is 118 Å². The molecule has 0 amide bonds. The van der Waals surface area contributed by atoms with E-state index in [0.29, 0.717) is 11.1 Å². The van der Waals surface area contributed by atoms with Gasteiger partial charge in [0.05, 0.1) is 0 Å². The lowest BCUT2D eigenvalue weighted by atomic mass is 10.2. The Bertz CT molecular complexity index is 567. The van der Waals surface area contributed by atoms with Crippen LogP contribution in [0.2, 0.25) is 5.15 Å². The number of hydrogen-bond donors (Lipinski definition) is 0. The van der Waals surface area contributed by atoms with Crippen molar-refractivity contribution < 1.29 is 0 Å². The highest BCUT2D eigenvalue weighted by molar-refractivity contribution is 6.29. The molecule has 98 valence electrons. The van der Waals surface area contributed by atoms with E-state index in [9.17, 15) is 0 Å². The van der Waals surface area contributed by atoms with Gasteiger partial charge < -0.3 is 4.90 Å². The molecule has 0 aliphatic heterocycles. The molecule has 1 aliphatic rings. The molecule has 3 nitrogen and oxygen atoms in total. The number of halogens is 1. The Morgan fingerprint density at radius 2 is 1.95 bits per heavy atom. The van der Waals surface area contributed by atoms with Crippen molar-refractivity contribution in [2.45, 2.75) is 25.3 Å². The largest absolute Gasteiger partial charge is 0.355 e. The molecule has 0 atom stereocenters. The molecule has 1 aliphatic carbocycles. The van der Waals surface area contributed by atoms with Crippen LogP contribution in [0.1, 0.15) is 30.1 Å². The van der Waals surface area contributed by atoms with E-state index in [4.69, 9.17) is 11.6 Å². The first-order chi connectivity index (χ1) is 9.22. The summed E-state index contributed by atoms with van der Waals surface area (Å²) in [5, 5.41) is 0.534. The molecular weight excluding hydrogens is 258 g/mol. The highest BCUT2D eigenvalue weighted by atomic mass is 35.5. The van der Waals surface area contributed by atoms with E-state index in [-0.39, 0.29) is 0 Å². The van der Waals surface area contributed by atoms with Crippen LogP contribution in [-0.4, -0.2) is 17.0 Å². The second-order valence-electron chi connectivity index (χ2n) is 5.02. The summed E-state index contributed by atoms with van der Waals surface area (Å²) in [6.07, 6.45) is 2.37. The lowest BCUT2D eigenvalue weighted by Gasteiger charge is -2.19. The Kier molecular flexibility index (Phi) is 3.38. The van der Waals surface area contributed by atoms with Crippen LogP contribution >= 0.6 is 11.6 Å². The van der Waals surface area contributed by atoms with Gasteiger partial charge in [0, 0.05) is 25.6 Å². The maximum absolute atomic E-state index is 6.09. The summed E-state index contributed by atoms with van der Waals surface area (Å²) >= 11 is 6.09. The minimum atomic E-state index is 0.516. The number of rotatable bonds is 4. The van der Waals surface area contributed by atoms with Gasteiger partial charge in [-0.15, -0.1) is 0 Å². The van der Waals surface area contributed by atoms with Crippen LogP contribution in [-0.2, 0) is 6.54 Å². The molecule has 3 rings (SSSR count). The Morgan fingerprint density at radius 3 is 2.63 bits per heavy atom. The average molecular weight is 274 g/mol. The predicted molar refractivity (Wildman–Crippen MR) is 77.6 cm³/mol. The lowest BCUT2D eigenvalue weighted by Crippen LogP contribution is -2.18. The Hall–Kier alpha value is -1.61. The zero-order chi connectivity index (χ0) is 13.2. The third kappa shape index (κ3) is 3.04. The molecule has 1 aromatic heterocycles. The van der Waals surface area contributed by atoms with Crippen LogP contribution in [0.4, 0.5) is 5.82 Å². The van der Waals surface area contributed by atoms with Crippen molar-refractivity contribution in [2.75, 3.05) is 11.9 Å². The smallest absolute Gasteiger partial charge is 0.135 e. The van der Waals surface area contributed by atoms with E-state index < -0.39 is 0 Å². The van der Waals surface area contributed by atoms with Gasteiger partial charge in [-0.3, -0.25) is 0 Å². The van der Waals surface area contributed by atoms with Crippen molar-refractivity contribution in [1.82, 2.24) is 9.97 Å². The molecule has 4 heteroatoms. The van der Waals surface area contributed by atoms with Crippen LogP contribution in [0.3, 0.4) is 0 Å². The first-order valence-corrected chi connectivity index (χ1v) is 6.90. The van der Waals surface area contributed by atoms with Crippen molar-refractivity contribution >= 4 is 17.4 Å². The summed E-state index contributed by atoms with van der Waals surface area (Å²) in [6, 6.07) is 12.2. The number of aromatic nitrogens is 2. The summed E-state index contributed by atoms with van der Waals surface area (Å²) < 4.78 is 0. The lowest BCUT2D eigenvalue weighted by molar-refractivity contribution is 0.854. The molecule has 0 radical (unpaired) electrons. The third-order valence-electron chi connectivity index (χ3n) is 3.29. The maximum atomic E-state index is 6.09. The van der Waals surface area contributed by atoms with E-state index in [2.05, 4.69) is 27.0 Å². The summed E-state index contributed by atoms with van der Waals surface area (Å²) in [5.41, 5.74) is 1.26. The molecule has 2 aromatic rings. The van der Waals surface area contributed by atoms with Crippen LogP contribution < -0.4 is 4.90 Å². The van der Waals surface area contributed by atoms with Gasteiger partial charge in [-0.25, -0.2) is 9.97 Å². The monoisotopic (exact) mass is 273 g/mol. The van der Waals surface area contributed by atoms with Gasteiger partial charge in [-0.05, 0) is 18.4 Å². The summed E-state index contributed by atoms with van der Waals surface area (Å²) in [5.74, 6) is 2.30. The number of benzene rings is 1. The third-order valence-corrected chi connectivity index (χ3v) is 3.49. The van der Waals surface area contributed by atoms with Crippen LogP contribution in [0.25, 0.3) is 0 Å². The topological polar surface area (TPSA) is 29.0 Å². The molecule has 1 aromatic carbocycles. The molecule has 0 spiro atoms. The van der Waals surface area contributed by atoms with E-state index >= 15 is 0 Å². The van der Waals surface area contributed by atoms with Gasteiger partial charge >= 0.3 is 0 Å². The molecule has 1 fully saturated rings. The number of nitrogens with zero attached hydrogens (tertiary/aromatic N) is 3. The molecule has 0 bridgehead atoms. The van der Waals surface area contributed by atoms with Gasteiger partial charge in [0.15, 0.2) is 0 Å². The summed E-state index contributed by atoms with van der Waals surface area (Å²) in [7, 11) is 2.03.